The van der Waals surface area contributed by atoms with Gasteiger partial charge in [0, 0.05) is 19.6 Å². The van der Waals surface area contributed by atoms with Gasteiger partial charge >= 0.3 is 0 Å². The first-order valence-corrected chi connectivity index (χ1v) is 13.2. The summed E-state index contributed by atoms with van der Waals surface area (Å²) in [5.74, 6) is -2.06. The second-order valence-corrected chi connectivity index (χ2v) is 10.6. The van der Waals surface area contributed by atoms with Crippen LogP contribution in [0.15, 0.2) is 84.9 Å². The zero-order valence-electron chi connectivity index (χ0n) is 21.6. The summed E-state index contributed by atoms with van der Waals surface area (Å²) >= 11 is 6.42. The fraction of sp³-hybridized carbons (Fsp3) is 0.161. The highest BCUT2D eigenvalue weighted by molar-refractivity contribution is 6.33. The van der Waals surface area contributed by atoms with Gasteiger partial charge in [0.05, 0.1) is 10.6 Å². The van der Waals surface area contributed by atoms with E-state index in [-0.39, 0.29) is 35.4 Å². The van der Waals surface area contributed by atoms with Gasteiger partial charge in [0.15, 0.2) is 5.54 Å². The third-order valence-electron chi connectivity index (χ3n) is 7.63. The van der Waals surface area contributed by atoms with Crippen molar-refractivity contribution in [1.82, 2.24) is 15.1 Å². The lowest BCUT2D eigenvalue weighted by atomic mass is 9.82. The number of benzene rings is 4. The largest absolute Gasteiger partial charge is 0.330 e. The number of nitrogens with zero attached hydrogens (tertiary/aromatic N) is 2. The minimum absolute atomic E-state index is 0.0278. The van der Waals surface area contributed by atoms with Gasteiger partial charge in [-0.05, 0) is 76.3 Å². The van der Waals surface area contributed by atoms with Crippen LogP contribution in [0, 0.1) is 17.5 Å². The van der Waals surface area contributed by atoms with Gasteiger partial charge in [-0.15, -0.1) is 0 Å². The quantitative estimate of drug-likeness (QED) is 0.349. The molecule has 0 spiro atoms. The summed E-state index contributed by atoms with van der Waals surface area (Å²) in [4.78, 5) is 30.5. The number of carbonyl (C=O) groups excluding carboxylic acids is 2. The lowest BCUT2D eigenvalue weighted by Crippen LogP contribution is -2.48. The Morgan fingerprint density at radius 1 is 0.854 bits per heavy atom. The molecular weight excluding hydrogens is 553 g/mol. The Balaban J connectivity index is 1.30. The molecule has 4 aromatic carbocycles. The summed E-state index contributed by atoms with van der Waals surface area (Å²) in [5.41, 5.74) is 8.25. The van der Waals surface area contributed by atoms with Crippen molar-refractivity contribution >= 4 is 23.4 Å². The number of hydrogen-bond acceptors (Lipinski definition) is 4. The van der Waals surface area contributed by atoms with Gasteiger partial charge in [0.2, 0.25) is 0 Å². The minimum atomic E-state index is -1.50. The molecule has 4 aromatic rings. The predicted octanol–water partition coefficient (Wildman–Crippen LogP) is 5.03. The Morgan fingerprint density at radius 2 is 1.44 bits per heavy atom. The maximum Gasteiger partial charge on any atom is 0.255 e. The molecule has 6 rings (SSSR count). The standard InChI is InChI=1S/C31H24ClF3N4O2/c32-27-12-1-18(13-26(27)28(40)38-16-19-2-7-25(35)14-20(19)17-38)15-39-29(41)31(37-30(39)36,21-3-8-23(33)9-4-21)22-5-10-24(34)11-6-22/h1-14,30,37H,15-17,36H2. The Labute approximate surface area is 239 Å². The molecule has 2 heterocycles. The zero-order valence-corrected chi connectivity index (χ0v) is 22.3. The van der Waals surface area contributed by atoms with Crippen LogP contribution in [-0.4, -0.2) is 27.9 Å². The molecule has 1 fully saturated rings. The topological polar surface area (TPSA) is 78.7 Å². The molecule has 2 aliphatic heterocycles. The van der Waals surface area contributed by atoms with Crippen LogP contribution in [-0.2, 0) is 30.0 Å². The molecule has 0 bridgehead atoms. The first-order chi connectivity index (χ1) is 19.7. The van der Waals surface area contributed by atoms with Crippen LogP contribution in [0.5, 0.6) is 0 Å². The molecule has 0 radical (unpaired) electrons. The number of nitrogens with one attached hydrogen (secondary N) is 1. The van der Waals surface area contributed by atoms with Crippen molar-refractivity contribution in [1.29, 1.82) is 0 Å². The molecule has 208 valence electrons. The first kappa shape index (κ1) is 27.0. The summed E-state index contributed by atoms with van der Waals surface area (Å²) < 4.78 is 41.3. The Hall–Kier alpha value is -4.18. The zero-order chi connectivity index (χ0) is 28.9. The van der Waals surface area contributed by atoms with Crippen LogP contribution in [0.25, 0.3) is 0 Å². The van der Waals surface area contributed by atoms with Gasteiger partial charge in [-0.1, -0.05) is 48.0 Å². The van der Waals surface area contributed by atoms with Crippen LogP contribution < -0.4 is 11.1 Å². The molecule has 2 amide bonds. The minimum Gasteiger partial charge on any atom is -0.330 e. The van der Waals surface area contributed by atoms with Gasteiger partial charge in [-0.25, -0.2) is 13.2 Å². The molecule has 0 saturated carbocycles. The number of nitrogens with two attached hydrogens (primary N) is 1. The van der Waals surface area contributed by atoms with E-state index in [0.717, 1.165) is 11.1 Å². The number of rotatable bonds is 5. The van der Waals surface area contributed by atoms with Gasteiger partial charge in [0.1, 0.15) is 23.7 Å². The smallest absolute Gasteiger partial charge is 0.255 e. The Bertz CT molecular complexity index is 1620. The van der Waals surface area contributed by atoms with Gasteiger partial charge in [-0.2, -0.15) is 0 Å². The van der Waals surface area contributed by atoms with Crippen molar-refractivity contribution < 1.29 is 22.8 Å². The summed E-state index contributed by atoms with van der Waals surface area (Å²) in [5, 5.41) is 3.38. The maximum absolute atomic E-state index is 14.1. The molecule has 1 unspecified atom stereocenters. The highest BCUT2D eigenvalue weighted by atomic mass is 35.5. The van der Waals surface area contributed by atoms with Gasteiger partial charge in [0.25, 0.3) is 11.8 Å². The summed E-state index contributed by atoms with van der Waals surface area (Å²) in [7, 11) is 0. The van der Waals surface area contributed by atoms with Crippen LogP contribution in [0.2, 0.25) is 5.02 Å². The summed E-state index contributed by atoms with van der Waals surface area (Å²) in [6.07, 6.45) is -0.963. The van der Waals surface area contributed by atoms with Crippen LogP contribution in [0.3, 0.4) is 0 Å². The van der Waals surface area contributed by atoms with E-state index in [1.54, 1.807) is 29.2 Å². The first-order valence-electron chi connectivity index (χ1n) is 12.9. The maximum atomic E-state index is 14.1. The van der Waals surface area contributed by atoms with E-state index in [4.69, 9.17) is 17.3 Å². The molecule has 0 aromatic heterocycles. The van der Waals surface area contributed by atoms with E-state index in [1.165, 1.54) is 65.6 Å². The molecule has 41 heavy (non-hydrogen) atoms. The molecule has 10 heteroatoms. The van der Waals surface area contributed by atoms with E-state index < -0.39 is 29.4 Å². The van der Waals surface area contributed by atoms with E-state index in [1.807, 2.05) is 0 Å². The van der Waals surface area contributed by atoms with Crippen LogP contribution >= 0.6 is 11.6 Å². The Morgan fingerprint density at radius 3 is 2.07 bits per heavy atom. The second kappa shape index (κ2) is 10.3. The third kappa shape index (κ3) is 4.76. The number of halogens is 4. The highest BCUT2D eigenvalue weighted by Gasteiger charge is 2.52. The molecule has 1 atom stereocenters. The summed E-state index contributed by atoms with van der Waals surface area (Å²) in [6, 6.07) is 20.3. The van der Waals surface area contributed by atoms with E-state index >= 15 is 0 Å². The van der Waals surface area contributed by atoms with Crippen molar-refractivity contribution in [3.8, 4) is 0 Å². The molecule has 2 aliphatic rings. The van der Waals surface area contributed by atoms with E-state index in [0.29, 0.717) is 23.2 Å². The summed E-state index contributed by atoms with van der Waals surface area (Å²) in [6.45, 7) is 0.607. The normalized spacial score (nSPS) is 17.7. The van der Waals surface area contributed by atoms with Crippen LogP contribution in [0.4, 0.5) is 13.2 Å². The number of amides is 2. The van der Waals surface area contributed by atoms with E-state index in [2.05, 4.69) is 5.32 Å². The third-order valence-corrected chi connectivity index (χ3v) is 7.96. The lowest BCUT2D eigenvalue weighted by molar-refractivity contribution is -0.132. The fourth-order valence-corrected chi connectivity index (χ4v) is 5.76. The fourth-order valence-electron chi connectivity index (χ4n) is 5.56. The molecule has 3 N–H and O–H groups in total. The average Bonchev–Trinajstić information content (AvgIpc) is 3.49. The van der Waals surface area contributed by atoms with Gasteiger partial charge in [-0.3, -0.25) is 20.6 Å². The van der Waals surface area contributed by atoms with Crippen molar-refractivity contribution in [3.63, 3.8) is 0 Å². The van der Waals surface area contributed by atoms with Crippen molar-refractivity contribution in [2.45, 2.75) is 31.5 Å². The number of hydrogen-bond donors (Lipinski definition) is 2. The van der Waals surface area contributed by atoms with Gasteiger partial charge < -0.3 is 9.80 Å². The van der Waals surface area contributed by atoms with Crippen molar-refractivity contribution in [3.05, 3.63) is 141 Å². The number of carbonyl (C=O) groups is 2. The second-order valence-electron chi connectivity index (χ2n) is 10.2. The molecule has 0 aliphatic carbocycles. The van der Waals surface area contributed by atoms with Crippen molar-refractivity contribution in [2.24, 2.45) is 5.73 Å². The Kier molecular flexibility index (Phi) is 6.81. The monoisotopic (exact) mass is 576 g/mol. The lowest BCUT2D eigenvalue weighted by Gasteiger charge is -2.29. The number of fused-ring (bicyclic) bond motifs is 1. The van der Waals surface area contributed by atoms with Crippen LogP contribution in [0.1, 0.15) is 38.2 Å². The predicted molar refractivity (Wildman–Crippen MR) is 147 cm³/mol. The van der Waals surface area contributed by atoms with E-state index in [9.17, 15) is 22.8 Å². The average molecular weight is 577 g/mol. The van der Waals surface area contributed by atoms with Crippen molar-refractivity contribution in [2.75, 3.05) is 0 Å². The molecule has 1 saturated heterocycles. The highest BCUT2D eigenvalue weighted by Crippen LogP contribution is 2.38. The molecular formula is C31H24ClF3N4O2. The molecule has 6 nitrogen and oxygen atoms in total. The SMILES string of the molecule is NC1NC(c2ccc(F)cc2)(c2ccc(F)cc2)C(=O)N1Cc1ccc(Cl)c(C(=O)N2Cc3ccc(F)cc3C2)c1.